The van der Waals surface area contributed by atoms with Gasteiger partial charge in [0.25, 0.3) is 0 Å². The van der Waals surface area contributed by atoms with Gasteiger partial charge < -0.3 is 45.3 Å². The lowest BCUT2D eigenvalue weighted by atomic mass is 9.55. The van der Waals surface area contributed by atoms with Crippen LogP contribution in [0.25, 0.3) is 10.8 Å². The van der Waals surface area contributed by atoms with Gasteiger partial charge in [-0.15, -0.1) is 0 Å². The number of aromatic nitrogens is 1. The number of aliphatic hydroxyl groups is 2. The number of ether oxygens (including phenoxy) is 2. The van der Waals surface area contributed by atoms with Crippen LogP contribution in [0.15, 0.2) is 97.3 Å². The standard InChI is InChI=1S/C62H73N2O8S2/c1-4-40-17-18-41-12-11-13-43-36-73-74-37-45-29-55(68)62(34-38-16-20-52(66)54(27-38)72-49-14-7-5-8-15-49,47-30-46(31-48(65)32-47)61(63-2)23-9-6-10-24-61)60(70)57(45)58(69)44(26-39-22-25-64-35-39)28-42-19-21-53(67)59(71-3)51(42)33-50(40)56(41)43/h11-13,16-22,25,27,30-32,35,44-45,49,55,57-58,63,65-69H,4-10,14-15,23-24,26,28-29,33-34,36-37H2,1-3H3/q-1. The van der Waals surface area contributed by atoms with E-state index in [1.165, 1.54) is 22.1 Å². The summed E-state index contributed by atoms with van der Waals surface area (Å²) in [6.07, 6.45) is 13.3. The van der Waals surface area contributed by atoms with E-state index in [1.54, 1.807) is 59.2 Å². The maximum atomic E-state index is 16.8. The van der Waals surface area contributed by atoms with Gasteiger partial charge in [-0.2, -0.15) is 12.4 Å². The molecule has 5 aromatic carbocycles. The van der Waals surface area contributed by atoms with Crippen LogP contribution in [-0.4, -0.2) is 69.5 Å². The fourth-order valence-electron chi connectivity index (χ4n) is 13.5. The molecule has 392 valence electrons. The monoisotopic (exact) mass is 1040 g/mol. The topological polar surface area (TPSA) is 163 Å². The normalized spacial score (nSPS) is 24.8. The minimum Gasteiger partial charge on any atom is -0.670 e. The number of Topliss-reactive ketones (excluding diaryl/α,β-unsaturated/α-hetero) is 1. The molecule has 2 heterocycles. The van der Waals surface area contributed by atoms with E-state index in [0.29, 0.717) is 53.4 Å². The van der Waals surface area contributed by atoms with Gasteiger partial charge in [0, 0.05) is 34.9 Å². The van der Waals surface area contributed by atoms with Crippen molar-refractivity contribution in [1.29, 1.82) is 0 Å². The first-order valence-corrected chi connectivity index (χ1v) is 29.6. The van der Waals surface area contributed by atoms with E-state index in [4.69, 9.17) is 9.47 Å². The quantitative estimate of drug-likeness (QED) is 0.0682. The van der Waals surface area contributed by atoms with Gasteiger partial charge in [-0.3, -0.25) is 4.79 Å². The molecule has 3 saturated carbocycles. The lowest BCUT2D eigenvalue weighted by Gasteiger charge is -2.50. The van der Waals surface area contributed by atoms with Gasteiger partial charge in [0.15, 0.2) is 28.8 Å². The molecule has 74 heavy (non-hydrogen) atoms. The Morgan fingerprint density at radius 2 is 1.59 bits per heavy atom. The number of phenolic OH excluding ortho intramolecular Hbond substituents is 3. The van der Waals surface area contributed by atoms with E-state index in [-0.39, 0.29) is 42.0 Å². The maximum absolute atomic E-state index is 16.8. The predicted octanol–water partition coefficient (Wildman–Crippen LogP) is 11.6. The number of aliphatic hydroxyl groups excluding tert-OH is 2. The molecule has 10 rings (SSSR count). The van der Waals surface area contributed by atoms with E-state index >= 15 is 4.79 Å². The lowest BCUT2D eigenvalue weighted by molar-refractivity contribution is -0.149. The second-order valence-corrected chi connectivity index (χ2v) is 24.3. The Hall–Kier alpha value is -5.11. The second kappa shape index (κ2) is 22.6. The van der Waals surface area contributed by atoms with Gasteiger partial charge in [-0.25, -0.2) is 0 Å². The fourth-order valence-corrected chi connectivity index (χ4v) is 16.0. The van der Waals surface area contributed by atoms with Gasteiger partial charge in [0.05, 0.1) is 30.8 Å². The number of fused-ring (bicyclic) bond motifs is 2. The highest BCUT2D eigenvalue weighted by Gasteiger charge is 2.58. The molecule has 12 heteroatoms. The molecule has 4 aliphatic rings. The zero-order valence-electron chi connectivity index (χ0n) is 43.2. The number of hydrogen-bond acceptors (Lipinski definition) is 11. The summed E-state index contributed by atoms with van der Waals surface area (Å²) in [5.74, 6) is -0.189. The Kier molecular flexibility index (Phi) is 16.0. The van der Waals surface area contributed by atoms with E-state index < -0.39 is 40.9 Å². The largest absolute Gasteiger partial charge is 0.670 e. The molecule has 6 unspecified atom stereocenters. The molecule has 0 amide bonds. The van der Waals surface area contributed by atoms with Crippen LogP contribution in [0.2, 0.25) is 0 Å². The van der Waals surface area contributed by atoms with Crippen molar-refractivity contribution in [3.63, 3.8) is 0 Å². The van der Waals surface area contributed by atoms with Gasteiger partial charge in [-0.05, 0) is 170 Å². The van der Waals surface area contributed by atoms with Crippen LogP contribution in [-0.2, 0) is 53.6 Å². The van der Waals surface area contributed by atoms with Crippen molar-refractivity contribution in [1.82, 2.24) is 10.3 Å². The Morgan fingerprint density at radius 3 is 2.35 bits per heavy atom. The zero-order chi connectivity index (χ0) is 51.6. The first kappa shape index (κ1) is 52.3. The molecule has 3 fully saturated rings. The van der Waals surface area contributed by atoms with E-state index in [1.807, 2.05) is 43.6 Å². The molecule has 0 saturated heterocycles. The van der Waals surface area contributed by atoms with Crippen LogP contribution < -0.4 is 19.8 Å². The molecule has 6 N–H and O–H groups in total. The number of methoxy groups -OCH3 is 1. The molecule has 3 aliphatic carbocycles. The Balaban J connectivity index is 1.14. The number of nitrogens with zero attached hydrogens (tertiary/aromatic N) is 1. The van der Waals surface area contributed by atoms with Gasteiger partial charge in [0.1, 0.15) is 5.75 Å². The number of carbonyl (C=O) groups is 1. The third-order valence-electron chi connectivity index (χ3n) is 17.5. The SMILES string of the molecule is CCc1ccc2cccc3c2c1Cc1c(ccc(O)c1OC)CC(Cc1cc[n-]c1)C(O)C1C(=O)C(Cc2ccc(O)c(OC4CCCCC4)c2)(c2cc(O)cc(C4(NC)CCCCC4)c2)C(O)CC1CSSC3. The van der Waals surface area contributed by atoms with Crippen molar-refractivity contribution >= 4 is 38.1 Å². The van der Waals surface area contributed by atoms with Crippen molar-refractivity contribution in [2.24, 2.45) is 17.8 Å². The molecule has 1 aliphatic heterocycles. The number of ketones is 1. The molecule has 6 aromatic rings. The second-order valence-electron chi connectivity index (χ2n) is 21.8. The number of carbonyl (C=O) groups excluding carboxylic acids is 1. The van der Waals surface area contributed by atoms with Crippen LogP contribution in [0.4, 0.5) is 0 Å². The number of benzene rings is 5. The number of nitrogens with one attached hydrogen (secondary N) is 1. The highest BCUT2D eigenvalue weighted by molar-refractivity contribution is 8.76. The van der Waals surface area contributed by atoms with Gasteiger partial charge in [0.2, 0.25) is 0 Å². The van der Waals surface area contributed by atoms with Crippen LogP contribution >= 0.6 is 21.6 Å². The third kappa shape index (κ3) is 10.3. The molecular weight excluding hydrogens is 965 g/mol. The maximum Gasteiger partial charge on any atom is 0.164 e. The Labute approximate surface area is 444 Å². The summed E-state index contributed by atoms with van der Waals surface area (Å²) in [5.41, 5.74) is 6.25. The van der Waals surface area contributed by atoms with Crippen molar-refractivity contribution < 1.29 is 39.8 Å². The summed E-state index contributed by atoms with van der Waals surface area (Å²) in [6.45, 7) is 2.17. The van der Waals surface area contributed by atoms with E-state index in [2.05, 4.69) is 47.6 Å². The first-order valence-electron chi connectivity index (χ1n) is 27.1. The van der Waals surface area contributed by atoms with Crippen LogP contribution in [0.1, 0.15) is 128 Å². The van der Waals surface area contributed by atoms with Gasteiger partial charge >= 0.3 is 0 Å². The summed E-state index contributed by atoms with van der Waals surface area (Å²) in [6, 6.07) is 27.2. The molecule has 0 radical (unpaired) electrons. The molecule has 0 spiro atoms. The van der Waals surface area contributed by atoms with Crippen molar-refractivity contribution in [2.45, 2.75) is 145 Å². The Bertz CT molecular complexity index is 2930. The van der Waals surface area contributed by atoms with Crippen molar-refractivity contribution in [3.8, 4) is 28.7 Å². The van der Waals surface area contributed by atoms with Crippen LogP contribution in [0.5, 0.6) is 28.7 Å². The van der Waals surface area contributed by atoms with Crippen molar-refractivity contribution in [3.05, 3.63) is 147 Å². The third-order valence-corrected chi connectivity index (χ3v) is 19.9. The molecule has 6 atom stereocenters. The van der Waals surface area contributed by atoms with E-state index in [0.717, 1.165) is 98.3 Å². The average molecular weight is 1040 g/mol. The minimum absolute atomic E-state index is 0.0124. The molecule has 1 aromatic heterocycles. The number of aryl methyl sites for hydroxylation is 1. The summed E-state index contributed by atoms with van der Waals surface area (Å²) < 4.78 is 12.6. The zero-order valence-corrected chi connectivity index (χ0v) is 44.8. The van der Waals surface area contributed by atoms with Crippen molar-refractivity contribution in [2.75, 3.05) is 19.9 Å². The summed E-state index contributed by atoms with van der Waals surface area (Å²) in [7, 11) is 6.95. The highest BCUT2D eigenvalue weighted by atomic mass is 33.1. The van der Waals surface area contributed by atoms with Gasteiger partial charge in [-0.1, -0.05) is 114 Å². The van der Waals surface area contributed by atoms with Crippen LogP contribution in [0.3, 0.4) is 0 Å². The fraction of sp³-hybridized carbons (Fsp3) is 0.468. The minimum atomic E-state index is -1.63. The van der Waals surface area contributed by atoms with E-state index in [9.17, 15) is 25.5 Å². The smallest absolute Gasteiger partial charge is 0.164 e. The average Bonchev–Trinajstić information content (AvgIpc) is 3.94. The highest BCUT2D eigenvalue weighted by Crippen LogP contribution is 2.52. The lowest BCUT2D eigenvalue weighted by Crippen LogP contribution is -2.61. The summed E-state index contributed by atoms with van der Waals surface area (Å²) in [4.78, 5) is 21.3. The number of rotatable bonds is 11. The Morgan fingerprint density at radius 1 is 0.811 bits per heavy atom. The predicted molar refractivity (Wildman–Crippen MR) is 297 cm³/mol. The molecule has 10 nitrogen and oxygen atoms in total. The summed E-state index contributed by atoms with van der Waals surface area (Å²) in [5, 5.41) is 67.4. The number of hydrogen-bond donors (Lipinski definition) is 6. The molecule has 0 bridgehead atoms. The first-order chi connectivity index (χ1) is 35.9. The summed E-state index contributed by atoms with van der Waals surface area (Å²) >= 11 is 0. The number of aromatic hydroxyl groups is 3. The van der Waals surface area contributed by atoms with Crippen LogP contribution in [0, 0.1) is 17.8 Å². The molecular formula is C62H73N2O8S2-. The number of phenols is 3.